The molecule has 528 valence electrons. The van der Waals surface area contributed by atoms with Crippen molar-refractivity contribution in [3.05, 3.63) is 212 Å². The summed E-state index contributed by atoms with van der Waals surface area (Å²) in [6.07, 6.45) is -9.12. The monoisotopic (exact) mass is 1390 g/mol. The fraction of sp³-hybridized carbons (Fsp3) is 0.392. The van der Waals surface area contributed by atoms with E-state index in [2.05, 4.69) is 27.7 Å². The molecule has 0 aliphatic carbocycles. The highest BCUT2D eigenvalue weighted by molar-refractivity contribution is 5.81. The van der Waals surface area contributed by atoms with Gasteiger partial charge >= 0.3 is 24.7 Å². The molecule has 6 nitrogen and oxygen atoms in total. The van der Waals surface area contributed by atoms with Crippen LogP contribution in [-0.2, 0) is 67.0 Å². The van der Waals surface area contributed by atoms with Gasteiger partial charge < -0.3 is 0 Å². The lowest BCUT2D eigenvalue weighted by Crippen LogP contribution is -2.34. The number of rotatable bonds is 12. The standard InChI is InChI=1S/C27H30F6N2.C26H29F5N2.C26H31F3N2/c1-15(2)18-8-10-34(6)22(12-18)24-17(5)25(23-13-19(16(3)4)9-11-35(23)7)21(27(31,32)33)14-20(24)26(28,29)30;1-14(2)17-8-10-32(6)19(12-17)21-16(5)22(25(28)23(24(21)27)26(29,30)31)20-13-18(15(3)4)9-11-33(20)7;1-16(2)19-8-10-30(6)24(12-19)22-14-21(26(27,28)29)15-23(18(22)5)25-13-20(17(3)4)9-11-31(25)7/h8-16H,1-7H3;8-15H,1-7H3;8-17H,1-7H3/q3*+2. The highest BCUT2D eigenvalue weighted by Gasteiger charge is 2.46. The zero-order valence-electron chi connectivity index (χ0n) is 60.1. The second kappa shape index (κ2) is 29.8. The zero-order valence-corrected chi connectivity index (χ0v) is 60.1. The Labute approximate surface area is 572 Å². The van der Waals surface area contributed by atoms with Crippen LogP contribution in [0.5, 0.6) is 0 Å². The van der Waals surface area contributed by atoms with Gasteiger partial charge in [-0.15, -0.1) is 0 Å². The smallest absolute Gasteiger partial charge is 0.205 e. The maximum absolute atomic E-state index is 15.5. The normalized spacial score (nSPS) is 12.3. The van der Waals surface area contributed by atoms with Crippen LogP contribution < -0.4 is 27.4 Å². The molecule has 20 heteroatoms. The molecule has 9 aromatic rings. The van der Waals surface area contributed by atoms with Crippen LogP contribution in [-0.4, -0.2) is 0 Å². The molecule has 99 heavy (non-hydrogen) atoms. The van der Waals surface area contributed by atoms with Crippen molar-refractivity contribution in [3.63, 3.8) is 0 Å². The van der Waals surface area contributed by atoms with E-state index in [-0.39, 0.29) is 97.7 Å². The minimum atomic E-state index is -5.20. The Morgan fingerprint density at radius 1 is 0.273 bits per heavy atom. The summed E-state index contributed by atoms with van der Waals surface area (Å²) in [6.45, 7) is 28.5. The molecular formula is C79H90F14N6+6. The Bertz CT molecular complexity index is 4220. The van der Waals surface area contributed by atoms with Gasteiger partial charge in [0, 0.05) is 72.8 Å². The molecule has 0 N–H and O–H groups in total. The average molecular weight is 1390 g/mol. The van der Waals surface area contributed by atoms with Gasteiger partial charge in [0.25, 0.3) is 0 Å². The Hall–Kier alpha value is -8.42. The third-order valence-corrected chi connectivity index (χ3v) is 18.5. The predicted molar refractivity (Wildman–Crippen MR) is 358 cm³/mol. The van der Waals surface area contributed by atoms with Crippen molar-refractivity contribution < 1.29 is 88.9 Å². The Morgan fingerprint density at radius 2 is 0.495 bits per heavy atom. The number of pyridine rings is 6. The molecule has 0 aliphatic rings. The van der Waals surface area contributed by atoms with E-state index in [9.17, 15) is 52.7 Å². The zero-order chi connectivity index (χ0) is 74.4. The summed E-state index contributed by atoms with van der Waals surface area (Å²) in [5.41, 5.74) is 3.91. The summed E-state index contributed by atoms with van der Waals surface area (Å²) in [5, 5.41) is 0. The fourth-order valence-electron chi connectivity index (χ4n) is 12.2. The molecule has 6 heterocycles. The number of hydrogen-bond acceptors (Lipinski definition) is 0. The van der Waals surface area contributed by atoms with Crippen LogP contribution in [0.4, 0.5) is 61.5 Å². The molecule has 6 aromatic heterocycles. The predicted octanol–water partition coefficient (Wildman–Crippen LogP) is 20.0. The van der Waals surface area contributed by atoms with Gasteiger partial charge in [-0.25, -0.2) is 36.2 Å². The van der Waals surface area contributed by atoms with Crippen molar-refractivity contribution in [2.45, 2.75) is 164 Å². The van der Waals surface area contributed by atoms with Crippen molar-refractivity contribution >= 4 is 0 Å². The lowest BCUT2D eigenvalue weighted by molar-refractivity contribution is -0.661. The quantitative estimate of drug-likeness (QED) is 0.0860. The van der Waals surface area contributed by atoms with Gasteiger partial charge in [-0.2, -0.15) is 52.7 Å². The summed E-state index contributed by atoms with van der Waals surface area (Å²) < 4.78 is 210. The van der Waals surface area contributed by atoms with E-state index in [1.807, 2.05) is 134 Å². The van der Waals surface area contributed by atoms with E-state index in [1.54, 1.807) is 98.5 Å². The molecule has 0 fully saturated rings. The number of aryl methyl sites for hydroxylation is 6. The largest absolute Gasteiger partial charge is 0.422 e. The Morgan fingerprint density at radius 3 is 0.717 bits per heavy atom. The van der Waals surface area contributed by atoms with Crippen LogP contribution in [0.3, 0.4) is 0 Å². The van der Waals surface area contributed by atoms with Gasteiger partial charge in [-0.3, -0.25) is 0 Å². The minimum Gasteiger partial charge on any atom is -0.205 e. The van der Waals surface area contributed by atoms with E-state index in [4.69, 9.17) is 0 Å². The molecule has 9 rings (SSSR count). The van der Waals surface area contributed by atoms with Crippen LogP contribution in [0, 0.1) is 32.4 Å². The van der Waals surface area contributed by atoms with E-state index in [0.29, 0.717) is 11.1 Å². The minimum absolute atomic E-state index is 0.0269. The lowest BCUT2D eigenvalue weighted by Gasteiger charge is -2.22. The van der Waals surface area contributed by atoms with E-state index >= 15 is 8.78 Å². The molecule has 0 bridgehead atoms. The van der Waals surface area contributed by atoms with Crippen molar-refractivity contribution in [2.24, 2.45) is 42.3 Å². The number of hydrogen-bond donors (Lipinski definition) is 0. The van der Waals surface area contributed by atoms with E-state index in [1.165, 1.54) is 35.1 Å². The lowest BCUT2D eigenvalue weighted by atomic mass is 9.86. The SMILES string of the molecule is Cc1c(-c2cc(C(C)C)cc[n+]2C)c(C(F)(F)F)cc(C(F)(F)F)c1-c1cc(C(C)C)cc[n+]1C.Cc1c(-c2cc(C(C)C)cc[n+]2C)c(F)c(C(F)(F)F)c(F)c1-c1cc(C(C)C)cc[n+]1C.Cc1c(-c2cc(C(C)C)cc[n+]2C)cc(C(F)(F)F)cc1-c1cc(C(C)C)cc[n+]1C. The van der Waals surface area contributed by atoms with Crippen molar-refractivity contribution in [1.82, 2.24) is 0 Å². The second-order valence-electron chi connectivity index (χ2n) is 27.6. The number of benzene rings is 3. The second-order valence-corrected chi connectivity index (χ2v) is 27.6. The van der Waals surface area contributed by atoms with Crippen molar-refractivity contribution in [3.8, 4) is 67.5 Å². The highest BCUT2D eigenvalue weighted by Crippen LogP contribution is 2.49. The first kappa shape index (κ1) is 77.9. The number of nitrogens with zero attached hydrogens (tertiary/aromatic N) is 6. The molecule has 0 spiro atoms. The molecule has 3 aromatic carbocycles. The first-order valence-electron chi connectivity index (χ1n) is 32.8. The average Bonchev–Trinajstić information content (AvgIpc) is 0.748. The topological polar surface area (TPSA) is 23.3 Å². The van der Waals surface area contributed by atoms with Crippen LogP contribution in [0.1, 0.15) is 191 Å². The van der Waals surface area contributed by atoms with Crippen molar-refractivity contribution in [1.29, 1.82) is 0 Å². The maximum atomic E-state index is 15.5. The van der Waals surface area contributed by atoms with E-state index in [0.717, 1.165) is 50.3 Å². The maximum Gasteiger partial charge on any atom is 0.422 e. The molecule has 0 amide bonds. The molecule has 0 aliphatic heterocycles. The molecular weight excluding hydrogens is 1300 g/mol. The summed E-state index contributed by atoms with van der Waals surface area (Å²) in [5.74, 6) is -2.41. The molecule has 0 radical (unpaired) electrons. The first-order chi connectivity index (χ1) is 45.7. The van der Waals surface area contributed by atoms with Gasteiger partial charge in [0.1, 0.15) is 47.8 Å². The number of aromatic nitrogens is 6. The summed E-state index contributed by atoms with van der Waals surface area (Å²) in [6, 6.07) is 24.7. The van der Waals surface area contributed by atoms with E-state index < -0.39 is 58.6 Å². The fourth-order valence-corrected chi connectivity index (χ4v) is 12.2. The molecule has 0 atom stereocenters. The molecule has 0 unspecified atom stereocenters. The number of halogens is 14. The molecule has 0 saturated heterocycles. The van der Waals surface area contributed by atoms with Crippen LogP contribution in [0.25, 0.3) is 67.5 Å². The van der Waals surface area contributed by atoms with Gasteiger partial charge in [-0.1, -0.05) is 83.1 Å². The van der Waals surface area contributed by atoms with Gasteiger partial charge in [0.2, 0.25) is 34.2 Å². The van der Waals surface area contributed by atoms with Gasteiger partial charge in [-0.05, 0) is 125 Å². The third kappa shape index (κ3) is 16.9. The summed E-state index contributed by atoms with van der Waals surface area (Å²) in [7, 11) is 10.2. The first-order valence-corrected chi connectivity index (χ1v) is 32.8. The van der Waals surface area contributed by atoms with Crippen LogP contribution >= 0.6 is 0 Å². The summed E-state index contributed by atoms with van der Waals surface area (Å²) in [4.78, 5) is 0. The highest BCUT2D eigenvalue weighted by atomic mass is 19.4. The van der Waals surface area contributed by atoms with Gasteiger partial charge in [0.05, 0.1) is 50.1 Å². The Kier molecular flexibility index (Phi) is 23.5. The van der Waals surface area contributed by atoms with Crippen molar-refractivity contribution in [2.75, 3.05) is 0 Å². The summed E-state index contributed by atoms with van der Waals surface area (Å²) >= 11 is 0. The van der Waals surface area contributed by atoms with Crippen LogP contribution in [0.2, 0.25) is 0 Å². The van der Waals surface area contributed by atoms with Crippen LogP contribution in [0.15, 0.2) is 128 Å². The number of alkyl halides is 12. The molecule has 0 saturated carbocycles. The third-order valence-electron chi connectivity index (χ3n) is 18.5. The Balaban J connectivity index is 0.000000209. The van der Waals surface area contributed by atoms with Gasteiger partial charge in [0.15, 0.2) is 48.8 Å².